The molecular formula is C27H33NO3. The highest BCUT2D eigenvalue weighted by molar-refractivity contribution is 6.12. The molecule has 1 heterocycles. The Balaban J connectivity index is 1.29. The van der Waals surface area contributed by atoms with Crippen LogP contribution in [0.2, 0.25) is 0 Å². The highest BCUT2D eigenvalue weighted by atomic mass is 16.5. The number of nitrogens with zero attached hydrogens (tertiary/aromatic N) is 1. The number of ether oxygens (including phenoxy) is 1. The van der Waals surface area contributed by atoms with Crippen molar-refractivity contribution in [2.75, 3.05) is 19.6 Å². The van der Waals surface area contributed by atoms with E-state index in [0.717, 1.165) is 38.9 Å². The summed E-state index contributed by atoms with van der Waals surface area (Å²) in [5.41, 5.74) is 1.66. The normalized spacial score (nSPS) is 19.9. The molecule has 0 spiro atoms. The van der Waals surface area contributed by atoms with Crippen LogP contribution in [0.1, 0.15) is 62.7 Å². The molecule has 2 aromatic carbocycles. The summed E-state index contributed by atoms with van der Waals surface area (Å²) < 4.78 is 6.63. The molecule has 0 bridgehead atoms. The zero-order chi connectivity index (χ0) is 21.7. The number of hydrogen-bond acceptors (Lipinski definition) is 4. The van der Waals surface area contributed by atoms with E-state index < -0.39 is 5.41 Å². The van der Waals surface area contributed by atoms with Crippen molar-refractivity contribution in [3.05, 3.63) is 71.8 Å². The lowest BCUT2D eigenvalue weighted by molar-refractivity contribution is -0.134. The molecule has 0 amide bonds. The van der Waals surface area contributed by atoms with Gasteiger partial charge >= 0.3 is 0 Å². The molecule has 2 aliphatic rings. The van der Waals surface area contributed by atoms with Gasteiger partial charge in [0.1, 0.15) is 17.7 Å². The summed E-state index contributed by atoms with van der Waals surface area (Å²) in [6, 6.07) is 20.9. The third-order valence-corrected chi connectivity index (χ3v) is 7.03. The van der Waals surface area contributed by atoms with Gasteiger partial charge in [-0.1, -0.05) is 60.7 Å². The van der Waals surface area contributed by atoms with E-state index in [-0.39, 0.29) is 23.8 Å². The van der Waals surface area contributed by atoms with Crippen LogP contribution in [-0.2, 0) is 14.3 Å². The Labute approximate surface area is 185 Å². The molecule has 0 unspecified atom stereocenters. The maximum atomic E-state index is 12.1. The van der Waals surface area contributed by atoms with Gasteiger partial charge in [0.2, 0.25) is 0 Å². The molecule has 1 aliphatic heterocycles. The molecule has 4 heteroatoms. The summed E-state index contributed by atoms with van der Waals surface area (Å²) in [5, 5.41) is 0. The molecule has 4 nitrogen and oxygen atoms in total. The van der Waals surface area contributed by atoms with Crippen LogP contribution in [0.3, 0.4) is 0 Å². The van der Waals surface area contributed by atoms with E-state index in [0.29, 0.717) is 19.3 Å². The summed E-state index contributed by atoms with van der Waals surface area (Å²) in [6.45, 7) is 4.79. The molecule has 0 N–H and O–H groups in total. The predicted octanol–water partition coefficient (Wildman–Crippen LogP) is 4.98. The van der Waals surface area contributed by atoms with E-state index in [9.17, 15) is 9.59 Å². The maximum absolute atomic E-state index is 12.1. The average Bonchev–Trinajstić information content (AvgIpc) is 3.07. The predicted molar refractivity (Wildman–Crippen MR) is 122 cm³/mol. The fraction of sp³-hybridized carbons (Fsp3) is 0.481. The van der Waals surface area contributed by atoms with Crippen molar-refractivity contribution >= 4 is 11.6 Å². The average molecular weight is 420 g/mol. The quantitative estimate of drug-likeness (QED) is 0.567. The molecule has 4 rings (SSSR count). The second kappa shape index (κ2) is 9.88. The first kappa shape index (κ1) is 21.9. The maximum Gasteiger partial charge on any atom is 0.146 e. The van der Waals surface area contributed by atoms with Crippen LogP contribution >= 0.6 is 0 Å². The third kappa shape index (κ3) is 5.13. The number of benzene rings is 2. The van der Waals surface area contributed by atoms with Crippen LogP contribution in [0, 0.1) is 5.41 Å². The SMILES string of the molecule is CC1(CCCN2CCC(OC(c3ccccc3)c3ccccc3)CC2)C(=O)CCC1=O. The van der Waals surface area contributed by atoms with Crippen molar-refractivity contribution in [1.82, 2.24) is 4.90 Å². The molecule has 1 saturated heterocycles. The van der Waals surface area contributed by atoms with Crippen LogP contribution in [0.4, 0.5) is 0 Å². The summed E-state index contributed by atoms with van der Waals surface area (Å²) in [7, 11) is 0. The van der Waals surface area contributed by atoms with Gasteiger partial charge in [0.25, 0.3) is 0 Å². The monoisotopic (exact) mass is 419 g/mol. The molecule has 1 saturated carbocycles. The Kier molecular flexibility index (Phi) is 6.99. The van der Waals surface area contributed by atoms with Gasteiger partial charge in [0.15, 0.2) is 0 Å². The van der Waals surface area contributed by atoms with Crippen molar-refractivity contribution in [3.63, 3.8) is 0 Å². The van der Waals surface area contributed by atoms with E-state index in [4.69, 9.17) is 4.74 Å². The lowest BCUT2D eigenvalue weighted by Crippen LogP contribution is -2.39. The number of Topliss-reactive ketones (excluding diaryl/α,β-unsaturated/α-hetero) is 2. The first-order chi connectivity index (χ1) is 15.1. The summed E-state index contributed by atoms with van der Waals surface area (Å²) in [5.74, 6) is 0.273. The van der Waals surface area contributed by atoms with Crippen LogP contribution in [-0.4, -0.2) is 42.2 Å². The number of hydrogen-bond donors (Lipinski definition) is 0. The minimum atomic E-state index is -0.722. The van der Waals surface area contributed by atoms with E-state index in [2.05, 4.69) is 53.4 Å². The Hall–Kier alpha value is -2.30. The standard InChI is InChI=1S/C27H33NO3/c1-27(24(29)13-14-25(27)30)17-8-18-28-19-15-23(16-20-28)31-26(21-9-4-2-5-10-21)22-11-6-3-7-12-22/h2-7,9-12,23,26H,8,13-20H2,1H3. The zero-order valence-electron chi connectivity index (χ0n) is 18.5. The fourth-order valence-electron chi connectivity index (χ4n) is 4.94. The largest absolute Gasteiger partial charge is 0.365 e. The molecule has 31 heavy (non-hydrogen) atoms. The zero-order valence-corrected chi connectivity index (χ0v) is 18.5. The molecule has 164 valence electrons. The summed E-state index contributed by atoms with van der Waals surface area (Å²) >= 11 is 0. The van der Waals surface area contributed by atoms with Crippen LogP contribution in [0.15, 0.2) is 60.7 Å². The minimum Gasteiger partial charge on any atom is -0.365 e. The number of ketones is 2. The van der Waals surface area contributed by atoms with Gasteiger partial charge in [-0.05, 0) is 50.3 Å². The molecule has 1 aliphatic carbocycles. The lowest BCUT2D eigenvalue weighted by Gasteiger charge is -2.34. The number of carbonyl (C=O) groups excluding carboxylic acids is 2. The van der Waals surface area contributed by atoms with Gasteiger partial charge in [-0.15, -0.1) is 0 Å². The highest BCUT2D eigenvalue weighted by Crippen LogP contribution is 2.35. The molecule has 2 aromatic rings. The molecule has 2 fully saturated rings. The van der Waals surface area contributed by atoms with Crippen LogP contribution in [0.25, 0.3) is 0 Å². The van der Waals surface area contributed by atoms with Gasteiger partial charge in [-0.25, -0.2) is 0 Å². The van der Waals surface area contributed by atoms with Crippen molar-refractivity contribution in [1.29, 1.82) is 0 Å². The van der Waals surface area contributed by atoms with E-state index >= 15 is 0 Å². The molecule has 0 atom stereocenters. The Morgan fingerprint density at radius 2 is 1.42 bits per heavy atom. The second-order valence-electron chi connectivity index (χ2n) is 9.16. The first-order valence-electron chi connectivity index (χ1n) is 11.6. The van der Waals surface area contributed by atoms with Crippen molar-refractivity contribution in [3.8, 4) is 0 Å². The van der Waals surface area contributed by atoms with E-state index in [1.54, 1.807) is 0 Å². The van der Waals surface area contributed by atoms with Gasteiger partial charge in [0.05, 0.1) is 11.5 Å². The topological polar surface area (TPSA) is 46.6 Å². The molecule has 0 radical (unpaired) electrons. The Morgan fingerprint density at radius 1 is 0.903 bits per heavy atom. The third-order valence-electron chi connectivity index (χ3n) is 7.03. The first-order valence-corrected chi connectivity index (χ1v) is 11.6. The van der Waals surface area contributed by atoms with Crippen molar-refractivity contribution in [2.45, 2.75) is 57.7 Å². The van der Waals surface area contributed by atoms with E-state index in [1.807, 2.05) is 19.1 Å². The summed E-state index contributed by atoms with van der Waals surface area (Å²) in [4.78, 5) is 26.7. The van der Waals surface area contributed by atoms with Crippen molar-refractivity contribution < 1.29 is 14.3 Å². The Morgan fingerprint density at radius 3 is 1.94 bits per heavy atom. The minimum absolute atomic E-state index is 0.0432. The summed E-state index contributed by atoms with van der Waals surface area (Å²) in [6.07, 6.45) is 4.65. The van der Waals surface area contributed by atoms with Gasteiger partial charge < -0.3 is 9.64 Å². The molecular weight excluding hydrogens is 386 g/mol. The van der Waals surface area contributed by atoms with Crippen LogP contribution in [0.5, 0.6) is 0 Å². The molecule has 0 aromatic heterocycles. The van der Waals surface area contributed by atoms with Gasteiger partial charge in [-0.3, -0.25) is 9.59 Å². The second-order valence-corrected chi connectivity index (χ2v) is 9.16. The number of likely N-dealkylation sites (tertiary alicyclic amines) is 1. The smallest absolute Gasteiger partial charge is 0.146 e. The highest BCUT2D eigenvalue weighted by Gasteiger charge is 2.44. The van der Waals surface area contributed by atoms with Crippen molar-refractivity contribution in [2.24, 2.45) is 5.41 Å². The Bertz CT molecular complexity index is 816. The number of carbonyl (C=O) groups is 2. The van der Waals surface area contributed by atoms with Gasteiger partial charge in [-0.2, -0.15) is 0 Å². The lowest BCUT2D eigenvalue weighted by atomic mass is 9.82. The number of piperidine rings is 1. The van der Waals surface area contributed by atoms with Gasteiger partial charge in [0, 0.05) is 25.9 Å². The van der Waals surface area contributed by atoms with Crippen LogP contribution < -0.4 is 0 Å². The van der Waals surface area contributed by atoms with E-state index in [1.165, 1.54) is 11.1 Å². The number of rotatable bonds is 8. The fourth-order valence-corrected chi connectivity index (χ4v) is 4.94.